The topological polar surface area (TPSA) is 75.2 Å². The number of aryl methyl sites for hydroxylation is 1. The van der Waals surface area contributed by atoms with Gasteiger partial charge < -0.3 is 10.2 Å². The predicted molar refractivity (Wildman–Crippen MR) is 93.6 cm³/mol. The molecule has 1 saturated heterocycles. The van der Waals surface area contributed by atoms with Crippen LogP contribution in [0.4, 0.5) is 4.39 Å². The molecular weight excluding hydrogens is 335 g/mol. The van der Waals surface area contributed by atoms with E-state index in [9.17, 15) is 14.0 Å². The first kappa shape index (κ1) is 18.0. The van der Waals surface area contributed by atoms with Gasteiger partial charge in [0.15, 0.2) is 0 Å². The van der Waals surface area contributed by atoms with E-state index in [1.54, 1.807) is 24.0 Å². The summed E-state index contributed by atoms with van der Waals surface area (Å²) in [5.41, 5.74) is 1.63. The van der Waals surface area contributed by atoms with Gasteiger partial charge in [0.1, 0.15) is 11.5 Å². The third-order valence-electron chi connectivity index (χ3n) is 4.64. The second-order valence-corrected chi connectivity index (χ2v) is 6.46. The van der Waals surface area contributed by atoms with Gasteiger partial charge in [0.2, 0.25) is 5.91 Å². The van der Waals surface area contributed by atoms with Crippen LogP contribution in [0.3, 0.4) is 0 Å². The second kappa shape index (κ2) is 8.03. The number of halogens is 1. The molecule has 1 N–H and O–H groups in total. The molecule has 0 unspecified atom stereocenters. The molecule has 0 radical (unpaired) electrons. The Hall–Kier alpha value is -2.83. The highest BCUT2D eigenvalue weighted by Crippen LogP contribution is 2.19. The van der Waals surface area contributed by atoms with Crippen molar-refractivity contribution in [3.8, 4) is 0 Å². The van der Waals surface area contributed by atoms with Crippen LogP contribution in [-0.2, 0) is 11.3 Å². The van der Waals surface area contributed by atoms with Gasteiger partial charge in [-0.2, -0.15) is 0 Å². The van der Waals surface area contributed by atoms with Crippen LogP contribution in [0, 0.1) is 18.7 Å². The Balaban J connectivity index is 1.49. The van der Waals surface area contributed by atoms with E-state index in [0.29, 0.717) is 43.7 Å². The van der Waals surface area contributed by atoms with Crippen LogP contribution in [0.5, 0.6) is 0 Å². The fraction of sp³-hybridized carbons (Fsp3) is 0.368. The maximum atomic E-state index is 13.6. The van der Waals surface area contributed by atoms with Crippen molar-refractivity contribution in [2.75, 3.05) is 13.1 Å². The van der Waals surface area contributed by atoms with Gasteiger partial charge in [-0.05, 0) is 37.0 Å². The summed E-state index contributed by atoms with van der Waals surface area (Å²) in [5.74, 6) is -0.631. The molecule has 7 heteroatoms. The minimum atomic E-state index is -0.271. The molecule has 1 fully saturated rings. The van der Waals surface area contributed by atoms with Crippen molar-refractivity contribution < 1.29 is 14.0 Å². The summed E-state index contributed by atoms with van der Waals surface area (Å²) in [6.07, 6.45) is 5.65. The molecule has 6 nitrogen and oxygen atoms in total. The number of hydrogen-bond donors (Lipinski definition) is 1. The van der Waals surface area contributed by atoms with Crippen LogP contribution in [0.15, 0.2) is 36.8 Å². The summed E-state index contributed by atoms with van der Waals surface area (Å²) >= 11 is 0. The van der Waals surface area contributed by atoms with Crippen LogP contribution in [-0.4, -0.2) is 39.8 Å². The lowest BCUT2D eigenvalue weighted by molar-refractivity contribution is -0.126. The van der Waals surface area contributed by atoms with Crippen LogP contribution >= 0.6 is 0 Å². The molecule has 0 saturated carbocycles. The van der Waals surface area contributed by atoms with Gasteiger partial charge in [0.25, 0.3) is 5.91 Å². The Morgan fingerprint density at radius 2 is 2.04 bits per heavy atom. The minimum Gasteiger partial charge on any atom is -0.352 e. The number of nitrogens with zero attached hydrogens (tertiary/aromatic N) is 3. The molecule has 0 spiro atoms. The van der Waals surface area contributed by atoms with Gasteiger partial charge in [0, 0.05) is 37.9 Å². The van der Waals surface area contributed by atoms with Crippen molar-refractivity contribution in [2.45, 2.75) is 26.3 Å². The van der Waals surface area contributed by atoms with Crippen LogP contribution < -0.4 is 5.32 Å². The van der Waals surface area contributed by atoms with E-state index >= 15 is 0 Å². The first-order chi connectivity index (χ1) is 12.5. The minimum absolute atomic E-state index is 0.0578. The van der Waals surface area contributed by atoms with Gasteiger partial charge in [-0.15, -0.1) is 0 Å². The van der Waals surface area contributed by atoms with Crippen LogP contribution in [0.2, 0.25) is 0 Å². The average Bonchev–Trinajstić information content (AvgIpc) is 2.69. The molecule has 1 aromatic carbocycles. The monoisotopic (exact) mass is 356 g/mol. The van der Waals surface area contributed by atoms with E-state index in [4.69, 9.17) is 0 Å². The summed E-state index contributed by atoms with van der Waals surface area (Å²) < 4.78 is 13.6. The number of likely N-dealkylation sites (tertiary alicyclic amines) is 1. The molecular formula is C19H21FN4O2. The Morgan fingerprint density at radius 1 is 1.27 bits per heavy atom. The molecule has 2 heterocycles. The number of carbonyl (C=O) groups is 2. The zero-order valence-electron chi connectivity index (χ0n) is 14.6. The molecule has 136 valence electrons. The predicted octanol–water partition coefficient (Wildman–Crippen LogP) is 2.09. The highest BCUT2D eigenvalue weighted by atomic mass is 19.1. The third kappa shape index (κ3) is 4.22. The number of amides is 2. The van der Waals surface area contributed by atoms with Crippen LogP contribution in [0.25, 0.3) is 0 Å². The SMILES string of the molecule is Cc1ccc(CNC(=O)C2CCN(C(=O)c3cnccn3)CC2)cc1F. The molecule has 1 aliphatic heterocycles. The largest absolute Gasteiger partial charge is 0.352 e. The lowest BCUT2D eigenvalue weighted by atomic mass is 9.95. The van der Waals surface area contributed by atoms with Gasteiger partial charge in [-0.25, -0.2) is 9.37 Å². The second-order valence-electron chi connectivity index (χ2n) is 6.46. The molecule has 2 aromatic rings. The number of piperidine rings is 1. The summed E-state index contributed by atoms with van der Waals surface area (Å²) in [7, 11) is 0. The summed E-state index contributed by atoms with van der Waals surface area (Å²) in [4.78, 5) is 34.3. The Morgan fingerprint density at radius 3 is 2.69 bits per heavy atom. The molecule has 0 bridgehead atoms. The number of rotatable bonds is 4. The fourth-order valence-corrected chi connectivity index (χ4v) is 3.00. The van der Waals surface area contributed by atoms with Gasteiger partial charge in [-0.1, -0.05) is 12.1 Å². The quantitative estimate of drug-likeness (QED) is 0.910. The van der Waals surface area contributed by atoms with Crippen molar-refractivity contribution in [3.63, 3.8) is 0 Å². The highest BCUT2D eigenvalue weighted by molar-refractivity contribution is 5.92. The number of hydrogen-bond acceptors (Lipinski definition) is 4. The van der Waals surface area contributed by atoms with E-state index in [1.807, 2.05) is 0 Å². The fourth-order valence-electron chi connectivity index (χ4n) is 3.00. The van der Waals surface area contributed by atoms with Crippen LogP contribution in [0.1, 0.15) is 34.5 Å². The van der Waals surface area contributed by atoms with Crippen molar-refractivity contribution >= 4 is 11.8 Å². The zero-order chi connectivity index (χ0) is 18.5. The third-order valence-corrected chi connectivity index (χ3v) is 4.64. The molecule has 0 aliphatic carbocycles. The van der Waals surface area contributed by atoms with Gasteiger partial charge in [0.05, 0.1) is 6.20 Å². The number of benzene rings is 1. The molecule has 0 atom stereocenters. The first-order valence-corrected chi connectivity index (χ1v) is 8.62. The molecule has 26 heavy (non-hydrogen) atoms. The molecule has 1 aromatic heterocycles. The first-order valence-electron chi connectivity index (χ1n) is 8.62. The van der Waals surface area contributed by atoms with Crippen molar-refractivity contribution in [3.05, 3.63) is 59.4 Å². The maximum absolute atomic E-state index is 13.6. The van der Waals surface area contributed by atoms with E-state index < -0.39 is 0 Å². The number of nitrogens with one attached hydrogen (secondary N) is 1. The molecule has 3 rings (SSSR count). The standard InChI is InChI=1S/C19H21FN4O2/c1-13-2-3-14(10-16(13)20)11-23-18(25)15-4-8-24(9-5-15)19(26)17-12-21-6-7-22-17/h2-3,6-7,10,12,15H,4-5,8-9,11H2,1H3,(H,23,25). The average molecular weight is 356 g/mol. The highest BCUT2D eigenvalue weighted by Gasteiger charge is 2.28. The Labute approximate surface area is 151 Å². The molecule has 1 aliphatic rings. The number of aromatic nitrogens is 2. The summed E-state index contributed by atoms with van der Waals surface area (Å²) in [6.45, 7) is 3.02. The van der Waals surface area contributed by atoms with Gasteiger partial charge in [-0.3, -0.25) is 14.6 Å². The van der Waals surface area contributed by atoms with Crippen molar-refractivity contribution in [1.29, 1.82) is 0 Å². The summed E-state index contributed by atoms with van der Waals surface area (Å²) in [6, 6.07) is 4.95. The van der Waals surface area contributed by atoms with E-state index in [-0.39, 0.29) is 23.5 Å². The van der Waals surface area contributed by atoms with Crippen molar-refractivity contribution in [1.82, 2.24) is 20.2 Å². The lowest BCUT2D eigenvalue weighted by Crippen LogP contribution is -2.43. The zero-order valence-corrected chi connectivity index (χ0v) is 14.6. The Kier molecular flexibility index (Phi) is 5.55. The normalized spacial score (nSPS) is 14.9. The van der Waals surface area contributed by atoms with E-state index in [0.717, 1.165) is 5.56 Å². The van der Waals surface area contributed by atoms with Crippen molar-refractivity contribution in [2.24, 2.45) is 5.92 Å². The van der Waals surface area contributed by atoms with Gasteiger partial charge >= 0.3 is 0 Å². The summed E-state index contributed by atoms with van der Waals surface area (Å²) in [5, 5.41) is 2.86. The maximum Gasteiger partial charge on any atom is 0.274 e. The Bertz CT molecular complexity index is 789. The number of carbonyl (C=O) groups excluding carboxylic acids is 2. The molecule has 2 amide bonds. The lowest BCUT2D eigenvalue weighted by Gasteiger charge is -2.31. The van der Waals surface area contributed by atoms with E-state index in [1.165, 1.54) is 24.7 Å². The van der Waals surface area contributed by atoms with E-state index in [2.05, 4.69) is 15.3 Å². The smallest absolute Gasteiger partial charge is 0.274 e.